The molecule has 3 nitrogen and oxygen atoms in total. The zero-order valence-electron chi connectivity index (χ0n) is 16.2. The summed E-state index contributed by atoms with van der Waals surface area (Å²) >= 11 is 3.65. The van der Waals surface area contributed by atoms with Gasteiger partial charge in [-0.25, -0.2) is 0 Å². The first-order chi connectivity index (χ1) is 14.2. The van der Waals surface area contributed by atoms with Crippen LogP contribution in [-0.4, -0.2) is 17.4 Å². The molecule has 0 spiro atoms. The van der Waals surface area contributed by atoms with Crippen LogP contribution < -0.4 is 4.90 Å². The van der Waals surface area contributed by atoms with Crippen LogP contribution in [0.5, 0.6) is 0 Å². The molecule has 4 heteroatoms. The summed E-state index contributed by atoms with van der Waals surface area (Å²) in [5.74, 6) is 0.272. The third kappa shape index (κ3) is 3.52. The molecule has 0 aromatic heterocycles. The van der Waals surface area contributed by atoms with Crippen molar-refractivity contribution in [3.8, 4) is 0 Å². The molecule has 3 aromatic carbocycles. The first-order valence-corrected chi connectivity index (χ1v) is 10.9. The Hall–Kier alpha value is -2.43. The summed E-state index contributed by atoms with van der Waals surface area (Å²) in [5.41, 5.74) is 4.76. The van der Waals surface area contributed by atoms with E-state index in [2.05, 4.69) is 69.4 Å². The van der Waals surface area contributed by atoms with E-state index in [0.29, 0.717) is 6.54 Å². The third-order valence-electron chi connectivity index (χ3n) is 6.10. The molecular formula is C25H23BrN2O. The molecule has 29 heavy (non-hydrogen) atoms. The van der Waals surface area contributed by atoms with Gasteiger partial charge in [-0.05, 0) is 47.9 Å². The molecule has 0 saturated carbocycles. The minimum Gasteiger partial charge on any atom is -0.307 e. The van der Waals surface area contributed by atoms with Gasteiger partial charge in [0.05, 0.1) is 12.5 Å². The van der Waals surface area contributed by atoms with Gasteiger partial charge in [0, 0.05) is 22.7 Å². The normalized spacial score (nSPS) is 21.1. The van der Waals surface area contributed by atoms with Crippen molar-refractivity contribution in [3.05, 3.63) is 100 Å². The number of hydrogen-bond acceptors (Lipinski definition) is 2. The Morgan fingerprint density at radius 2 is 1.52 bits per heavy atom. The highest BCUT2D eigenvalue weighted by Gasteiger charge is 2.46. The van der Waals surface area contributed by atoms with E-state index in [4.69, 9.17) is 0 Å². The highest BCUT2D eigenvalue weighted by molar-refractivity contribution is 9.10. The van der Waals surface area contributed by atoms with Crippen molar-refractivity contribution in [1.82, 2.24) is 4.90 Å². The largest absolute Gasteiger partial charge is 0.307 e. The Labute approximate surface area is 180 Å². The topological polar surface area (TPSA) is 23.6 Å². The molecule has 146 valence electrons. The lowest BCUT2D eigenvalue weighted by Crippen LogP contribution is -2.43. The van der Waals surface area contributed by atoms with Gasteiger partial charge in [-0.3, -0.25) is 9.69 Å². The maximum Gasteiger partial charge on any atom is 0.232 e. The average molecular weight is 447 g/mol. The SMILES string of the molecule is O=C1[C@@H]2CCN(Cc3ccccc3)[C@@H]2c2cc(Br)ccc2N1Cc1ccccc1. The number of nitrogens with zero attached hydrogens (tertiary/aromatic N) is 2. The molecule has 1 saturated heterocycles. The fourth-order valence-electron chi connectivity index (χ4n) is 4.78. The van der Waals surface area contributed by atoms with Crippen LogP contribution in [0.1, 0.15) is 29.2 Å². The van der Waals surface area contributed by atoms with E-state index >= 15 is 0 Å². The summed E-state index contributed by atoms with van der Waals surface area (Å²) in [6, 6.07) is 27.3. The van der Waals surface area contributed by atoms with Crippen LogP contribution in [0.3, 0.4) is 0 Å². The second kappa shape index (κ2) is 7.77. The van der Waals surface area contributed by atoms with Gasteiger partial charge in [0.25, 0.3) is 0 Å². The van der Waals surface area contributed by atoms with E-state index in [9.17, 15) is 4.79 Å². The second-order valence-corrected chi connectivity index (χ2v) is 8.82. The van der Waals surface area contributed by atoms with E-state index in [1.807, 2.05) is 35.2 Å². The number of anilines is 1. The number of carbonyl (C=O) groups is 1. The highest BCUT2D eigenvalue weighted by atomic mass is 79.9. The Morgan fingerprint density at radius 1 is 0.862 bits per heavy atom. The Kier molecular flexibility index (Phi) is 4.98. The molecule has 3 aromatic rings. The van der Waals surface area contributed by atoms with Crippen molar-refractivity contribution in [2.75, 3.05) is 11.4 Å². The molecule has 2 aliphatic heterocycles. The maximum atomic E-state index is 13.5. The van der Waals surface area contributed by atoms with E-state index in [0.717, 1.165) is 35.2 Å². The Bertz CT molecular complexity index is 1020. The third-order valence-corrected chi connectivity index (χ3v) is 6.59. The number of amides is 1. The fourth-order valence-corrected chi connectivity index (χ4v) is 5.16. The molecule has 2 aliphatic rings. The second-order valence-electron chi connectivity index (χ2n) is 7.91. The van der Waals surface area contributed by atoms with Crippen molar-refractivity contribution in [2.24, 2.45) is 5.92 Å². The quantitative estimate of drug-likeness (QED) is 0.523. The van der Waals surface area contributed by atoms with Gasteiger partial charge in [0.15, 0.2) is 0 Å². The number of carbonyl (C=O) groups excluding carboxylic acids is 1. The molecule has 0 unspecified atom stereocenters. The average Bonchev–Trinajstić information content (AvgIpc) is 3.16. The molecule has 1 amide bonds. The monoisotopic (exact) mass is 446 g/mol. The van der Waals surface area contributed by atoms with E-state index in [1.165, 1.54) is 11.1 Å². The molecular weight excluding hydrogens is 424 g/mol. The zero-order chi connectivity index (χ0) is 19.8. The molecule has 0 aliphatic carbocycles. The lowest BCUT2D eigenvalue weighted by Gasteiger charge is -2.39. The van der Waals surface area contributed by atoms with E-state index in [-0.39, 0.29) is 17.9 Å². The number of halogens is 1. The van der Waals surface area contributed by atoms with Crippen molar-refractivity contribution in [3.63, 3.8) is 0 Å². The van der Waals surface area contributed by atoms with Crippen molar-refractivity contribution >= 4 is 27.5 Å². The fraction of sp³-hybridized carbons (Fsp3) is 0.240. The first kappa shape index (κ1) is 18.6. The van der Waals surface area contributed by atoms with Crippen LogP contribution in [-0.2, 0) is 17.9 Å². The van der Waals surface area contributed by atoms with Crippen molar-refractivity contribution in [1.29, 1.82) is 0 Å². The Balaban J connectivity index is 1.52. The van der Waals surface area contributed by atoms with Gasteiger partial charge in [0.1, 0.15) is 0 Å². The smallest absolute Gasteiger partial charge is 0.232 e. The summed E-state index contributed by atoms with van der Waals surface area (Å²) in [4.78, 5) is 18.0. The van der Waals surface area contributed by atoms with E-state index < -0.39 is 0 Å². The minimum atomic E-state index is 0.0178. The predicted octanol–water partition coefficient (Wildman–Crippen LogP) is 5.56. The van der Waals surface area contributed by atoms with Crippen molar-refractivity contribution < 1.29 is 4.79 Å². The lowest BCUT2D eigenvalue weighted by molar-refractivity contribution is -0.124. The van der Waals surface area contributed by atoms with Gasteiger partial charge in [0.2, 0.25) is 5.91 Å². The minimum absolute atomic E-state index is 0.0178. The van der Waals surface area contributed by atoms with E-state index in [1.54, 1.807) is 0 Å². The maximum absolute atomic E-state index is 13.5. The first-order valence-electron chi connectivity index (χ1n) is 10.1. The molecule has 0 bridgehead atoms. The van der Waals surface area contributed by atoms with Crippen LogP contribution >= 0.6 is 15.9 Å². The predicted molar refractivity (Wildman–Crippen MR) is 119 cm³/mol. The highest BCUT2D eigenvalue weighted by Crippen LogP contribution is 2.48. The summed E-state index contributed by atoms with van der Waals surface area (Å²) in [6.07, 6.45) is 0.910. The number of rotatable bonds is 4. The summed E-state index contributed by atoms with van der Waals surface area (Å²) in [6.45, 7) is 2.44. The van der Waals surface area contributed by atoms with Gasteiger partial charge in [-0.15, -0.1) is 0 Å². The summed E-state index contributed by atoms with van der Waals surface area (Å²) in [5, 5.41) is 0. The molecule has 1 fully saturated rings. The van der Waals surface area contributed by atoms with Gasteiger partial charge in [-0.1, -0.05) is 76.6 Å². The van der Waals surface area contributed by atoms with Crippen LogP contribution in [0, 0.1) is 5.92 Å². The van der Waals surface area contributed by atoms with Gasteiger partial charge in [-0.2, -0.15) is 0 Å². The number of fused-ring (bicyclic) bond motifs is 3. The van der Waals surface area contributed by atoms with Crippen LogP contribution in [0.25, 0.3) is 0 Å². The lowest BCUT2D eigenvalue weighted by atomic mass is 9.86. The van der Waals surface area contributed by atoms with Gasteiger partial charge < -0.3 is 4.90 Å². The molecule has 5 rings (SSSR count). The van der Waals surface area contributed by atoms with Crippen molar-refractivity contribution in [2.45, 2.75) is 25.6 Å². The standard InChI is InChI=1S/C25H23BrN2O/c26-20-11-12-23-22(15-20)24-21(13-14-27(24)16-18-7-3-1-4-8-18)25(29)28(23)17-19-9-5-2-6-10-19/h1-12,15,21,24H,13-14,16-17H2/t21-,24+/m1/s1. The zero-order valence-corrected chi connectivity index (χ0v) is 17.8. The number of benzene rings is 3. The molecule has 0 radical (unpaired) electrons. The summed E-state index contributed by atoms with van der Waals surface area (Å²) < 4.78 is 1.07. The molecule has 0 N–H and O–H groups in total. The molecule has 2 heterocycles. The van der Waals surface area contributed by atoms with Crippen LogP contribution in [0.4, 0.5) is 5.69 Å². The Morgan fingerprint density at radius 3 is 2.21 bits per heavy atom. The van der Waals surface area contributed by atoms with Gasteiger partial charge >= 0.3 is 0 Å². The van der Waals surface area contributed by atoms with Crippen LogP contribution in [0.2, 0.25) is 0 Å². The number of hydrogen-bond donors (Lipinski definition) is 0. The summed E-state index contributed by atoms with van der Waals surface area (Å²) in [7, 11) is 0. The number of likely N-dealkylation sites (tertiary alicyclic amines) is 1. The molecule has 2 atom stereocenters. The van der Waals surface area contributed by atoms with Crippen LogP contribution in [0.15, 0.2) is 83.3 Å².